The van der Waals surface area contributed by atoms with E-state index in [2.05, 4.69) is 15.5 Å². The lowest BCUT2D eigenvalue weighted by molar-refractivity contribution is -0.120. The Morgan fingerprint density at radius 2 is 2.00 bits per heavy atom. The van der Waals surface area contributed by atoms with Gasteiger partial charge in [-0.1, -0.05) is 29.4 Å². The quantitative estimate of drug-likeness (QED) is 0.564. The average Bonchev–Trinajstić information content (AvgIpc) is 3.21. The number of ether oxygens (including phenoxy) is 1. The minimum Gasteiger partial charge on any atom is -0.493 e. The Morgan fingerprint density at radius 1 is 1.24 bits per heavy atom. The fourth-order valence-corrected chi connectivity index (χ4v) is 3.31. The molecule has 6 nitrogen and oxygen atoms in total. The fourth-order valence-electron chi connectivity index (χ4n) is 2.56. The first-order valence-electron chi connectivity index (χ1n) is 9.25. The van der Waals surface area contributed by atoms with E-state index in [0.29, 0.717) is 36.4 Å². The van der Waals surface area contributed by atoms with E-state index in [1.165, 1.54) is 23.9 Å². The Labute approximate surface area is 172 Å². The largest absolute Gasteiger partial charge is 0.493 e. The second kappa shape index (κ2) is 10.1. The molecule has 0 spiro atoms. The predicted molar refractivity (Wildman–Crippen MR) is 110 cm³/mol. The van der Waals surface area contributed by atoms with Gasteiger partial charge in [-0.2, -0.15) is 4.98 Å². The fraction of sp³-hybridized carbons (Fsp3) is 0.286. The summed E-state index contributed by atoms with van der Waals surface area (Å²) in [6.07, 6.45) is 0. The number of rotatable bonds is 9. The summed E-state index contributed by atoms with van der Waals surface area (Å²) >= 11 is 1.40. The molecule has 152 valence electrons. The molecule has 1 amide bonds. The van der Waals surface area contributed by atoms with Crippen molar-refractivity contribution in [3.8, 4) is 17.1 Å². The van der Waals surface area contributed by atoms with Gasteiger partial charge in [0.1, 0.15) is 11.6 Å². The van der Waals surface area contributed by atoms with Gasteiger partial charge in [0.05, 0.1) is 23.2 Å². The van der Waals surface area contributed by atoms with Gasteiger partial charge in [-0.25, -0.2) is 4.39 Å². The highest BCUT2D eigenvalue weighted by molar-refractivity contribution is 7.99. The lowest BCUT2D eigenvalue weighted by Gasteiger charge is -2.11. The van der Waals surface area contributed by atoms with Crippen LogP contribution in [-0.4, -0.2) is 27.9 Å². The number of carbonyl (C=O) groups excluding carboxylic acids is 1. The molecule has 1 N–H and O–H groups in total. The molecule has 0 saturated carbocycles. The molecule has 1 atom stereocenters. The molecule has 0 bridgehead atoms. The van der Waals surface area contributed by atoms with Crippen LogP contribution < -0.4 is 10.1 Å². The molecule has 1 aromatic heterocycles. The third-order valence-corrected chi connectivity index (χ3v) is 5.23. The van der Waals surface area contributed by atoms with Gasteiger partial charge in [0, 0.05) is 6.54 Å². The van der Waals surface area contributed by atoms with E-state index in [1.54, 1.807) is 12.1 Å². The van der Waals surface area contributed by atoms with Crippen molar-refractivity contribution < 1.29 is 18.4 Å². The van der Waals surface area contributed by atoms with Crippen LogP contribution in [0.3, 0.4) is 0 Å². The summed E-state index contributed by atoms with van der Waals surface area (Å²) in [5.74, 6) is 1.60. The molecule has 1 heterocycles. The second-order valence-corrected chi connectivity index (χ2v) is 7.57. The monoisotopic (exact) mass is 415 g/mol. The van der Waals surface area contributed by atoms with Crippen LogP contribution in [0.15, 0.2) is 53.1 Å². The van der Waals surface area contributed by atoms with E-state index in [9.17, 15) is 9.18 Å². The number of amides is 1. The molecule has 3 aromatic rings. The maximum Gasteiger partial charge on any atom is 0.236 e. The Hall–Kier alpha value is -2.87. The van der Waals surface area contributed by atoms with Crippen LogP contribution >= 0.6 is 11.8 Å². The minimum atomic E-state index is -0.304. The SMILES string of the molecule is CCOc1ccccc1-c1noc(CSC(C)C(=O)NCc2ccc(F)cc2)n1. The van der Waals surface area contributed by atoms with E-state index >= 15 is 0 Å². The molecule has 29 heavy (non-hydrogen) atoms. The molecule has 0 aliphatic rings. The Kier molecular flexibility index (Phi) is 7.24. The topological polar surface area (TPSA) is 77.2 Å². The third-order valence-electron chi connectivity index (χ3n) is 4.10. The first-order valence-corrected chi connectivity index (χ1v) is 10.3. The number of aromatic nitrogens is 2. The summed E-state index contributed by atoms with van der Waals surface area (Å²) < 4.78 is 23.8. The van der Waals surface area contributed by atoms with Crippen molar-refractivity contribution in [3.63, 3.8) is 0 Å². The molecule has 8 heteroatoms. The van der Waals surface area contributed by atoms with Crippen LogP contribution in [0.25, 0.3) is 11.4 Å². The molecule has 0 fully saturated rings. The van der Waals surface area contributed by atoms with Gasteiger partial charge in [-0.3, -0.25) is 4.79 Å². The average molecular weight is 415 g/mol. The van der Waals surface area contributed by atoms with Crippen molar-refractivity contribution in [2.75, 3.05) is 6.61 Å². The Bertz CT molecular complexity index is 946. The van der Waals surface area contributed by atoms with Gasteiger partial charge < -0.3 is 14.6 Å². The van der Waals surface area contributed by atoms with Crippen LogP contribution in [0.4, 0.5) is 4.39 Å². The summed E-state index contributed by atoms with van der Waals surface area (Å²) in [4.78, 5) is 16.7. The molecule has 0 aliphatic heterocycles. The van der Waals surface area contributed by atoms with Crippen molar-refractivity contribution >= 4 is 17.7 Å². The van der Waals surface area contributed by atoms with Gasteiger partial charge in [0.15, 0.2) is 0 Å². The summed E-state index contributed by atoms with van der Waals surface area (Å²) in [5, 5.41) is 6.56. The van der Waals surface area contributed by atoms with Crippen molar-refractivity contribution in [2.24, 2.45) is 0 Å². The number of thioether (sulfide) groups is 1. The lowest BCUT2D eigenvalue weighted by atomic mass is 10.2. The smallest absolute Gasteiger partial charge is 0.236 e. The van der Waals surface area contributed by atoms with Gasteiger partial charge in [-0.15, -0.1) is 11.8 Å². The van der Waals surface area contributed by atoms with Gasteiger partial charge in [-0.05, 0) is 43.7 Å². The summed E-state index contributed by atoms with van der Waals surface area (Å²) in [7, 11) is 0. The normalized spacial score (nSPS) is 11.8. The third kappa shape index (κ3) is 5.80. The molecular formula is C21H22FN3O3S. The number of benzene rings is 2. The van der Waals surface area contributed by atoms with Crippen molar-refractivity contribution in [2.45, 2.75) is 31.4 Å². The number of nitrogens with one attached hydrogen (secondary N) is 1. The highest BCUT2D eigenvalue weighted by Gasteiger charge is 2.17. The van der Waals surface area contributed by atoms with Crippen LogP contribution in [0, 0.1) is 5.82 Å². The number of hydrogen-bond donors (Lipinski definition) is 1. The number of nitrogens with zero attached hydrogens (tertiary/aromatic N) is 2. The van der Waals surface area contributed by atoms with E-state index in [-0.39, 0.29) is 17.0 Å². The van der Waals surface area contributed by atoms with Gasteiger partial charge >= 0.3 is 0 Å². The van der Waals surface area contributed by atoms with Crippen LogP contribution in [0.2, 0.25) is 0 Å². The van der Waals surface area contributed by atoms with E-state index < -0.39 is 0 Å². The standard InChI is InChI=1S/C21H22FN3O3S/c1-3-27-18-7-5-4-6-17(18)20-24-19(28-25-20)13-29-14(2)21(26)23-12-15-8-10-16(22)11-9-15/h4-11,14H,3,12-13H2,1-2H3,(H,23,26). The maximum atomic E-state index is 12.9. The number of hydrogen-bond acceptors (Lipinski definition) is 6. The second-order valence-electron chi connectivity index (χ2n) is 6.24. The minimum absolute atomic E-state index is 0.110. The molecule has 0 aliphatic carbocycles. The molecular weight excluding hydrogens is 393 g/mol. The van der Waals surface area contributed by atoms with Gasteiger partial charge in [0.25, 0.3) is 0 Å². The molecule has 3 rings (SSSR count). The molecule has 0 saturated heterocycles. The first-order chi connectivity index (χ1) is 14.1. The zero-order chi connectivity index (χ0) is 20.6. The van der Waals surface area contributed by atoms with Crippen LogP contribution in [-0.2, 0) is 17.1 Å². The highest BCUT2D eigenvalue weighted by Crippen LogP contribution is 2.28. The van der Waals surface area contributed by atoms with Crippen LogP contribution in [0.1, 0.15) is 25.3 Å². The number of para-hydroxylation sites is 1. The van der Waals surface area contributed by atoms with Crippen LogP contribution in [0.5, 0.6) is 5.75 Å². The zero-order valence-corrected chi connectivity index (χ0v) is 17.0. The zero-order valence-electron chi connectivity index (χ0n) is 16.2. The summed E-state index contributed by atoms with van der Waals surface area (Å²) in [5.41, 5.74) is 1.60. The number of carbonyl (C=O) groups is 1. The van der Waals surface area contributed by atoms with Gasteiger partial charge in [0.2, 0.25) is 17.6 Å². The molecule has 2 aromatic carbocycles. The first kappa shape index (κ1) is 20.9. The number of halogens is 1. The Balaban J connectivity index is 1.52. The van der Waals surface area contributed by atoms with Crippen molar-refractivity contribution in [1.29, 1.82) is 0 Å². The van der Waals surface area contributed by atoms with Crippen molar-refractivity contribution in [1.82, 2.24) is 15.5 Å². The highest BCUT2D eigenvalue weighted by atomic mass is 32.2. The van der Waals surface area contributed by atoms with E-state index in [4.69, 9.17) is 9.26 Å². The summed E-state index contributed by atoms with van der Waals surface area (Å²) in [6.45, 7) is 4.62. The maximum absolute atomic E-state index is 12.9. The van der Waals surface area contributed by atoms with E-state index in [0.717, 1.165) is 11.1 Å². The van der Waals surface area contributed by atoms with Crippen molar-refractivity contribution in [3.05, 3.63) is 65.8 Å². The Morgan fingerprint density at radius 3 is 2.76 bits per heavy atom. The van der Waals surface area contributed by atoms with E-state index in [1.807, 2.05) is 38.1 Å². The molecule has 0 radical (unpaired) electrons. The summed E-state index contributed by atoms with van der Waals surface area (Å²) in [6, 6.07) is 13.5. The predicted octanol–water partition coefficient (Wildman–Crippen LogP) is 4.21. The lowest BCUT2D eigenvalue weighted by Crippen LogP contribution is -2.30. The molecule has 1 unspecified atom stereocenters.